The van der Waals surface area contributed by atoms with Crippen molar-refractivity contribution in [1.82, 2.24) is 15.2 Å². The molecule has 1 heterocycles. The lowest BCUT2D eigenvalue weighted by Gasteiger charge is -2.34. The summed E-state index contributed by atoms with van der Waals surface area (Å²) in [5.74, 6) is -0.0904. The van der Waals surface area contributed by atoms with Crippen LogP contribution >= 0.6 is 27.5 Å². The molecule has 5 nitrogen and oxygen atoms in total. The van der Waals surface area contributed by atoms with Crippen LogP contribution in [0.1, 0.15) is 11.1 Å². The summed E-state index contributed by atoms with van der Waals surface area (Å²) in [4.78, 5) is 16.6. The lowest BCUT2D eigenvalue weighted by molar-refractivity contribution is -0.122. The van der Waals surface area contributed by atoms with Crippen molar-refractivity contribution >= 4 is 39.7 Å². The van der Waals surface area contributed by atoms with Gasteiger partial charge in [0.05, 0.1) is 12.8 Å². The van der Waals surface area contributed by atoms with Gasteiger partial charge in [-0.3, -0.25) is 14.6 Å². The van der Waals surface area contributed by atoms with Crippen molar-refractivity contribution in [2.24, 2.45) is 5.10 Å². The molecule has 1 aliphatic rings. The molecule has 1 aliphatic heterocycles. The number of benzene rings is 2. The minimum Gasteiger partial charge on any atom is -0.297 e. The van der Waals surface area contributed by atoms with Gasteiger partial charge in [0.25, 0.3) is 5.91 Å². The fraction of sp³-hybridized carbons (Fsp3) is 0.300. The molecule has 0 saturated carbocycles. The van der Waals surface area contributed by atoms with Crippen LogP contribution in [0.15, 0.2) is 58.1 Å². The standard InChI is InChI=1S/C20H22BrClN4O/c21-18-3-1-2-17(12-18)13-23-24-20(27)15-26-10-8-25(9-11-26)14-16-4-6-19(22)7-5-16/h1-7,12-13H,8-11,14-15H2,(H,24,27)/b23-13-. The topological polar surface area (TPSA) is 47.9 Å². The van der Waals surface area contributed by atoms with Gasteiger partial charge in [-0.1, -0.05) is 51.8 Å². The van der Waals surface area contributed by atoms with Gasteiger partial charge in [0.2, 0.25) is 0 Å². The highest BCUT2D eigenvalue weighted by molar-refractivity contribution is 9.10. The summed E-state index contributed by atoms with van der Waals surface area (Å²) >= 11 is 9.34. The van der Waals surface area contributed by atoms with Crippen LogP contribution in [0.3, 0.4) is 0 Å². The van der Waals surface area contributed by atoms with Crippen LogP contribution < -0.4 is 5.43 Å². The third-order valence-corrected chi connectivity index (χ3v) is 5.15. The number of carbonyl (C=O) groups excluding carboxylic acids is 1. The molecule has 1 N–H and O–H groups in total. The van der Waals surface area contributed by atoms with E-state index >= 15 is 0 Å². The second-order valence-corrected chi connectivity index (χ2v) is 7.88. The Balaban J connectivity index is 1.38. The average molecular weight is 450 g/mol. The minimum absolute atomic E-state index is 0.0904. The van der Waals surface area contributed by atoms with Crippen LogP contribution in [-0.4, -0.2) is 54.6 Å². The highest BCUT2D eigenvalue weighted by atomic mass is 79.9. The number of nitrogens with zero attached hydrogens (tertiary/aromatic N) is 3. The number of hydrazone groups is 1. The van der Waals surface area contributed by atoms with E-state index in [-0.39, 0.29) is 5.91 Å². The van der Waals surface area contributed by atoms with Gasteiger partial charge in [-0.05, 0) is 35.4 Å². The molecule has 3 rings (SSSR count). The SMILES string of the molecule is O=C(CN1CCN(Cc2ccc(Cl)cc2)CC1)N/N=C\c1cccc(Br)c1. The Bertz CT molecular complexity index is 789. The Labute approximate surface area is 173 Å². The Morgan fingerprint density at radius 1 is 1.11 bits per heavy atom. The van der Waals surface area contributed by atoms with Crippen molar-refractivity contribution in [3.8, 4) is 0 Å². The second-order valence-electron chi connectivity index (χ2n) is 6.53. The molecule has 0 bridgehead atoms. The molecule has 7 heteroatoms. The van der Waals surface area contributed by atoms with Gasteiger partial charge in [-0.2, -0.15) is 5.10 Å². The smallest absolute Gasteiger partial charge is 0.254 e. The predicted molar refractivity (Wildman–Crippen MR) is 113 cm³/mol. The summed E-state index contributed by atoms with van der Waals surface area (Å²) in [5, 5.41) is 4.79. The van der Waals surface area contributed by atoms with Gasteiger partial charge in [-0.15, -0.1) is 0 Å². The highest BCUT2D eigenvalue weighted by Gasteiger charge is 2.18. The maximum absolute atomic E-state index is 12.1. The molecule has 0 aromatic heterocycles. The summed E-state index contributed by atoms with van der Waals surface area (Å²) in [7, 11) is 0. The highest BCUT2D eigenvalue weighted by Crippen LogP contribution is 2.13. The predicted octanol–water partition coefficient (Wildman–Crippen LogP) is 3.37. The molecule has 1 fully saturated rings. The third kappa shape index (κ3) is 6.74. The molecule has 1 amide bonds. The van der Waals surface area contributed by atoms with Gasteiger partial charge in [0.1, 0.15) is 0 Å². The van der Waals surface area contributed by atoms with E-state index in [1.165, 1.54) is 5.56 Å². The fourth-order valence-electron chi connectivity index (χ4n) is 2.96. The van der Waals surface area contributed by atoms with Gasteiger partial charge >= 0.3 is 0 Å². The maximum atomic E-state index is 12.1. The number of hydrogen-bond acceptors (Lipinski definition) is 4. The summed E-state index contributed by atoms with van der Waals surface area (Å²) in [6.45, 7) is 4.90. The van der Waals surface area contributed by atoms with Crippen LogP contribution in [-0.2, 0) is 11.3 Å². The first-order valence-corrected chi connectivity index (χ1v) is 10.0. The van der Waals surface area contributed by atoms with Crippen molar-refractivity contribution in [3.05, 3.63) is 69.2 Å². The summed E-state index contributed by atoms with van der Waals surface area (Å²) in [5.41, 5.74) is 4.79. The van der Waals surface area contributed by atoms with Gasteiger partial charge < -0.3 is 0 Å². The molecule has 0 unspecified atom stereocenters. The monoisotopic (exact) mass is 448 g/mol. The number of amides is 1. The van der Waals surface area contributed by atoms with Crippen molar-refractivity contribution in [2.45, 2.75) is 6.54 Å². The number of rotatable bonds is 6. The van der Waals surface area contributed by atoms with E-state index in [9.17, 15) is 4.79 Å². The first-order chi connectivity index (χ1) is 13.1. The van der Waals surface area contributed by atoms with Gasteiger partial charge in [-0.25, -0.2) is 5.43 Å². The molecule has 0 aliphatic carbocycles. The van der Waals surface area contributed by atoms with E-state index in [0.717, 1.165) is 47.8 Å². The van der Waals surface area contributed by atoms with Crippen molar-refractivity contribution in [3.63, 3.8) is 0 Å². The lowest BCUT2D eigenvalue weighted by Crippen LogP contribution is -2.48. The quantitative estimate of drug-likeness (QED) is 0.543. The molecule has 0 spiro atoms. The van der Waals surface area contributed by atoms with Crippen LogP contribution in [0.4, 0.5) is 0 Å². The molecular weight excluding hydrogens is 428 g/mol. The third-order valence-electron chi connectivity index (χ3n) is 4.40. The van der Waals surface area contributed by atoms with E-state index in [1.54, 1.807) is 6.21 Å². The molecule has 2 aromatic carbocycles. The Hall–Kier alpha value is -1.73. The van der Waals surface area contributed by atoms with E-state index in [4.69, 9.17) is 11.6 Å². The van der Waals surface area contributed by atoms with Gasteiger partial charge in [0, 0.05) is 42.2 Å². The molecular formula is C20H22BrClN4O. The van der Waals surface area contributed by atoms with E-state index in [2.05, 4.69) is 48.4 Å². The average Bonchev–Trinajstić information content (AvgIpc) is 2.65. The van der Waals surface area contributed by atoms with E-state index in [1.807, 2.05) is 36.4 Å². The lowest BCUT2D eigenvalue weighted by atomic mass is 10.2. The van der Waals surface area contributed by atoms with Crippen LogP contribution in [0, 0.1) is 0 Å². The zero-order chi connectivity index (χ0) is 19.1. The Morgan fingerprint density at radius 2 is 1.81 bits per heavy atom. The second kappa shape index (κ2) is 9.99. The number of carbonyl (C=O) groups is 1. The first-order valence-electron chi connectivity index (χ1n) is 8.85. The molecule has 0 atom stereocenters. The molecule has 2 aromatic rings. The number of hydrogen-bond donors (Lipinski definition) is 1. The summed E-state index contributed by atoms with van der Waals surface area (Å²) < 4.78 is 0.981. The zero-order valence-corrected chi connectivity index (χ0v) is 17.3. The normalized spacial score (nSPS) is 15.9. The number of nitrogens with one attached hydrogen (secondary N) is 1. The Morgan fingerprint density at radius 3 is 2.52 bits per heavy atom. The van der Waals surface area contributed by atoms with Gasteiger partial charge in [0.15, 0.2) is 0 Å². The van der Waals surface area contributed by atoms with Crippen molar-refractivity contribution in [2.75, 3.05) is 32.7 Å². The molecule has 1 saturated heterocycles. The van der Waals surface area contributed by atoms with Crippen molar-refractivity contribution in [1.29, 1.82) is 0 Å². The first kappa shape index (κ1) is 20.0. The number of piperazine rings is 1. The van der Waals surface area contributed by atoms with Crippen LogP contribution in [0.2, 0.25) is 5.02 Å². The summed E-state index contributed by atoms with van der Waals surface area (Å²) in [6.07, 6.45) is 1.65. The van der Waals surface area contributed by atoms with E-state index in [0.29, 0.717) is 6.54 Å². The van der Waals surface area contributed by atoms with Crippen LogP contribution in [0.25, 0.3) is 0 Å². The molecule has 27 heavy (non-hydrogen) atoms. The minimum atomic E-state index is -0.0904. The number of halogens is 2. The fourth-order valence-corrected chi connectivity index (χ4v) is 3.50. The van der Waals surface area contributed by atoms with E-state index < -0.39 is 0 Å². The largest absolute Gasteiger partial charge is 0.297 e. The molecule has 142 valence electrons. The zero-order valence-electron chi connectivity index (χ0n) is 14.9. The maximum Gasteiger partial charge on any atom is 0.254 e. The molecule has 0 radical (unpaired) electrons. The summed E-state index contributed by atoms with van der Waals surface area (Å²) in [6, 6.07) is 15.7. The van der Waals surface area contributed by atoms with Crippen molar-refractivity contribution < 1.29 is 4.79 Å². The van der Waals surface area contributed by atoms with Crippen LogP contribution in [0.5, 0.6) is 0 Å². The Kier molecular flexibility index (Phi) is 7.41.